The summed E-state index contributed by atoms with van der Waals surface area (Å²) in [6, 6.07) is 13.0. The lowest BCUT2D eigenvalue weighted by atomic mass is 10.0. The Balaban J connectivity index is 1.47. The molecule has 0 saturated carbocycles. The van der Waals surface area contributed by atoms with Gasteiger partial charge in [-0.3, -0.25) is 19.5 Å². The molecule has 0 radical (unpaired) electrons. The predicted octanol–water partition coefficient (Wildman–Crippen LogP) is 3.56. The van der Waals surface area contributed by atoms with Gasteiger partial charge in [0.2, 0.25) is 5.91 Å². The first-order chi connectivity index (χ1) is 15.0. The molecule has 3 amide bonds. The molecule has 9 heteroatoms. The Labute approximate surface area is 186 Å². The highest BCUT2D eigenvalue weighted by molar-refractivity contribution is 7.19. The van der Waals surface area contributed by atoms with Crippen molar-refractivity contribution in [3.63, 3.8) is 0 Å². The Kier molecular flexibility index (Phi) is 6.24. The first-order valence-electron chi connectivity index (χ1n) is 9.67. The number of aryl methyl sites for hydroxylation is 1. The molecule has 0 aliphatic heterocycles. The second kappa shape index (κ2) is 9.23. The number of amides is 3. The van der Waals surface area contributed by atoms with Crippen LogP contribution in [0.2, 0.25) is 0 Å². The van der Waals surface area contributed by atoms with Gasteiger partial charge in [-0.05, 0) is 30.4 Å². The monoisotopic (exact) mass is 452 g/mol. The number of nitrogens with zero attached hydrogens (tertiary/aromatic N) is 2. The van der Waals surface area contributed by atoms with Crippen LogP contribution in [0.3, 0.4) is 0 Å². The van der Waals surface area contributed by atoms with Gasteiger partial charge in [0.05, 0.1) is 11.7 Å². The van der Waals surface area contributed by atoms with E-state index in [9.17, 15) is 14.4 Å². The van der Waals surface area contributed by atoms with Crippen LogP contribution in [-0.4, -0.2) is 28.0 Å². The minimum absolute atomic E-state index is 0.288. The van der Waals surface area contributed by atoms with Crippen LogP contribution < -0.4 is 16.2 Å². The SMILES string of the molecule is Cc1sc2ncn(CC(=O)NC(=O)NCCc3cccs3)c(=O)c2c1-c1ccccc1. The third kappa shape index (κ3) is 4.73. The molecule has 3 aromatic heterocycles. The zero-order chi connectivity index (χ0) is 21.8. The highest BCUT2D eigenvalue weighted by Crippen LogP contribution is 2.35. The largest absolute Gasteiger partial charge is 0.337 e. The summed E-state index contributed by atoms with van der Waals surface area (Å²) in [5.74, 6) is -0.579. The van der Waals surface area contributed by atoms with E-state index in [4.69, 9.17) is 0 Å². The Hall–Kier alpha value is -3.30. The maximum atomic E-state index is 13.1. The first kappa shape index (κ1) is 21.0. The quantitative estimate of drug-likeness (QED) is 0.468. The van der Waals surface area contributed by atoms with Gasteiger partial charge in [-0.25, -0.2) is 9.78 Å². The zero-order valence-corrected chi connectivity index (χ0v) is 18.4. The fraction of sp³-hybridized carbons (Fsp3) is 0.182. The maximum absolute atomic E-state index is 13.1. The van der Waals surface area contributed by atoms with Crippen LogP contribution >= 0.6 is 22.7 Å². The molecule has 1 aromatic carbocycles. The predicted molar refractivity (Wildman–Crippen MR) is 124 cm³/mol. The second-order valence-corrected chi connectivity index (χ2v) is 9.13. The smallest absolute Gasteiger partial charge is 0.321 e. The van der Waals surface area contributed by atoms with E-state index in [2.05, 4.69) is 15.6 Å². The van der Waals surface area contributed by atoms with E-state index in [1.807, 2.05) is 54.8 Å². The van der Waals surface area contributed by atoms with Crippen LogP contribution in [-0.2, 0) is 17.8 Å². The molecule has 7 nitrogen and oxygen atoms in total. The molecule has 3 heterocycles. The lowest BCUT2D eigenvalue weighted by molar-refractivity contribution is -0.120. The van der Waals surface area contributed by atoms with E-state index >= 15 is 0 Å². The molecule has 0 unspecified atom stereocenters. The number of hydrogen-bond donors (Lipinski definition) is 2. The number of thiophene rings is 2. The van der Waals surface area contributed by atoms with Crippen molar-refractivity contribution < 1.29 is 9.59 Å². The van der Waals surface area contributed by atoms with Gasteiger partial charge in [-0.15, -0.1) is 22.7 Å². The highest BCUT2D eigenvalue weighted by atomic mass is 32.1. The Morgan fingerprint density at radius 1 is 1.13 bits per heavy atom. The summed E-state index contributed by atoms with van der Waals surface area (Å²) in [4.78, 5) is 44.5. The highest BCUT2D eigenvalue weighted by Gasteiger charge is 2.18. The summed E-state index contributed by atoms with van der Waals surface area (Å²) in [6.45, 7) is 2.08. The molecule has 0 saturated heterocycles. The number of carbonyl (C=O) groups excluding carboxylic acids is 2. The molecule has 0 spiro atoms. The number of nitrogens with one attached hydrogen (secondary N) is 2. The van der Waals surface area contributed by atoms with Crippen molar-refractivity contribution in [2.75, 3.05) is 6.54 Å². The summed E-state index contributed by atoms with van der Waals surface area (Å²) in [6.07, 6.45) is 2.04. The fourth-order valence-electron chi connectivity index (χ4n) is 3.32. The fourth-order valence-corrected chi connectivity index (χ4v) is 5.03. The minimum atomic E-state index is -0.583. The average Bonchev–Trinajstić information content (AvgIpc) is 3.38. The van der Waals surface area contributed by atoms with Crippen LogP contribution in [0.15, 0.2) is 59.0 Å². The molecular formula is C22H20N4O3S2. The average molecular weight is 453 g/mol. The van der Waals surface area contributed by atoms with E-state index < -0.39 is 11.9 Å². The first-order valence-corrected chi connectivity index (χ1v) is 11.4. The molecule has 4 aromatic rings. The number of benzene rings is 1. The topological polar surface area (TPSA) is 93.1 Å². The van der Waals surface area contributed by atoms with Crippen molar-refractivity contribution in [3.05, 3.63) is 74.3 Å². The molecule has 0 fully saturated rings. The lowest BCUT2D eigenvalue weighted by Crippen LogP contribution is -2.42. The lowest BCUT2D eigenvalue weighted by Gasteiger charge is -2.08. The standard InChI is InChI=1S/C22H20N4O3S2/c1-14-18(15-6-3-2-4-7-15)19-20(31-14)24-13-26(21(19)28)12-17(27)25-22(29)23-10-9-16-8-5-11-30-16/h2-8,11,13H,9-10,12H2,1H3,(H2,23,25,27,29). The van der Waals surface area contributed by atoms with Crippen LogP contribution in [0.25, 0.3) is 21.3 Å². The van der Waals surface area contributed by atoms with Crippen molar-refractivity contribution in [1.29, 1.82) is 0 Å². The van der Waals surface area contributed by atoms with Crippen molar-refractivity contribution >= 4 is 44.8 Å². The third-order valence-corrected chi connectivity index (χ3v) is 6.67. The summed E-state index contributed by atoms with van der Waals surface area (Å²) in [5.41, 5.74) is 1.46. The van der Waals surface area contributed by atoms with Gasteiger partial charge < -0.3 is 5.32 Å². The van der Waals surface area contributed by atoms with Crippen molar-refractivity contribution in [3.8, 4) is 11.1 Å². The number of carbonyl (C=O) groups is 2. The summed E-state index contributed by atoms with van der Waals surface area (Å²) < 4.78 is 1.23. The second-order valence-electron chi connectivity index (χ2n) is 6.89. The summed E-state index contributed by atoms with van der Waals surface area (Å²) >= 11 is 3.06. The zero-order valence-electron chi connectivity index (χ0n) is 16.8. The van der Waals surface area contributed by atoms with Crippen molar-refractivity contribution in [2.24, 2.45) is 0 Å². The number of urea groups is 1. The molecule has 0 bridgehead atoms. The van der Waals surface area contributed by atoms with Gasteiger partial charge >= 0.3 is 6.03 Å². The number of rotatable bonds is 6. The van der Waals surface area contributed by atoms with Crippen LogP contribution in [0.4, 0.5) is 4.79 Å². The minimum Gasteiger partial charge on any atom is -0.337 e. The van der Waals surface area contributed by atoms with E-state index in [0.717, 1.165) is 20.9 Å². The number of hydrogen-bond acceptors (Lipinski definition) is 6. The van der Waals surface area contributed by atoms with Gasteiger partial charge in [-0.1, -0.05) is 36.4 Å². The van der Waals surface area contributed by atoms with E-state index in [1.165, 1.54) is 22.2 Å². The Bertz CT molecular complexity index is 1280. The van der Waals surface area contributed by atoms with Gasteiger partial charge in [0.25, 0.3) is 5.56 Å². The van der Waals surface area contributed by atoms with Gasteiger partial charge in [-0.2, -0.15) is 0 Å². The molecule has 2 N–H and O–H groups in total. The van der Waals surface area contributed by atoms with Crippen molar-refractivity contribution in [1.82, 2.24) is 20.2 Å². The van der Waals surface area contributed by atoms with Crippen LogP contribution in [0.1, 0.15) is 9.75 Å². The van der Waals surface area contributed by atoms with Gasteiger partial charge in [0, 0.05) is 21.9 Å². The van der Waals surface area contributed by atoms with Crippen molar-refractivity contribution in [2.45, 2.75) is 19.9 Å². The number of aromatic nitrogens is 2. The third-order valence-electron chi connectivity index (χ3n) is 4.72. The van der Waals surface area contributed by atoms with E-state index in [-0.39, 0.29) is 12.1 Å². The normalized spacial score (nSPS) is 10.9. The van der Waals surface area contributed by atoms with Crippen LogP contribution in [0.5, 0.6) is 0 Å². The van der Waals surface area contributed by atoms with E-state index in [1.54, 1.807) is 11.3 Å². The number of fused-ring (bicyclic) bond motifs is 1. The molecule has 4 rings (SSSR count). The van der Waals surface area contributed by atoms with E-state index in [0.29, 0.717) is 23.2 Å². The Morgan fingerprint density at radius 2 is 1.94 bits per heavy atom. The summed E-state index contributed by atoms with van der Waals surface area (Å²) in [7, 11) is 0. The molecule has 0 atom stereocenters. The van der Waals surface area contributed by atoms with Gasteiger partial charge in [0.1, 0.15) is 11.4 Å². The molecule has 31 heavy (non-hydrogen) atoms. The molecular weight excluding hydrogens is 432 g/mol. The van der Waals surface area contributed by atoms with Gasteiger partial charge in [0.15, 0.2) is 0 Å². The van der Waals surface area contributed by atoms with Crippen LogP contribution in [0, 0.1) is 6.92 Å². The number of imide groups is 1. The summed E-state index contributed by atoms with van der Waals surface area (Å²) in [5, 5.41) is 7.38. The molecule has 0 aliphatic carbocycles. The maximum Gasteiger partial charge on any atom is 0.321 e. The Morgan fingerprint density at radius 3 is 2.68 bits per heavy atom. The molecule has 158 valence electrons. The molecule has 0 aliphatic rings.